The van der Waals surface area contributed by atoms with Crippen LogP contribution >= 0.6 is 0 Å². The lowest BCUT2D eigenvalue weighted by Gasteiger charge is -2.31. The summed E-state index contributed by atoms with van der Waals surface area (Å²) in [6.07, 6.45) is 3.89. The Balaban J connectivity index is 1.83. The summed E-state index contributed by atoms with van der Waals surface area (Å²) in [7, 11) is 0. The van der Waals surface area contributed by atoms with E-state index in [2.05, 4.69) is 0 Å². The fourth-order valence-electron chi connectivity index (χ4n) is 2.53. The van der Waals surface area contributed by atoms with Gasteiger partial charge in [0.15, 0.2) is 0 Å². The molecule has 96 valence electrons. The zero-order valence-electron chi connectivity index (χ0n) is 9.93. The SMILES string of the molecule is O=C(O)[C@@H]1CCCN(C(=O)C[C@H]2CCCO2)C1. The molecule has 0 aromatic heterocycles. The van der Waals surface area contributed by atoms with Gasteiger partial charge in [0.1, 0.15) is 0 Å². The minimum absolute atomic E-state index is 0.0443. The number of carboxylic acid groups (broad SMARTS) is 1. The average Bonchev–Trinajstić information content (AvgIpc) is 2.82. The van der Waals surface area contributed by atoms with E-state index in [-0.39, 0.29) is 12.0 Å². The van der Waals surface area contributed by atoms with Gasteiger partial charge in [-0.3, -0.25) is 9.59 Å². The van der Waals surface area contributed by atoms with E-state index in [1.807, 2.05) is 0 Å². The number of hydrogen-bond donors (Lipinski definition) is 1. The van der Waals surface area contributed by atoms with Crippen molar-refractivity contribution >= 4 is 11.9 Å². The standard InChI is InChI=1S/C12H19NO4/c14-11(7-10-4-2-6-17-10)13-5-1-3-9(8-13)12(15)16/h9-10H,1-8H2,(H,15,16)/t9-,10-/m1/s1. The molecule has 2 aliphatic rings. The van der Waals surface area contributed by atoms with Crippen molar-refractivity contribution in [2.45, 2.75) is 38.2 Å². The third kappa shape index (κ3) is 3.19. The summed E-state index contributed by atoms with van der Waals surface area (Å²) < 4.78 is 5.42. The van der Waals surface area contributed by atoms with Crippen molar-refractivity contribution < 1.29 is 19.4 Å². The third-order valence-electron chi connectivity index (χ3n) is 3.55. The largest absolute Gasteiger partial charge is 0.481 e. The highest BCUT2D eigenvalue weighted by atomic mass is 16.5. The molecule has 0 aromatic rings. The van der Waals surface area contributed by atoms with E-state index in [0.717, 1.165) is 25.9 Å². The van der Waals surface area contributed by atoms with E-state index < -0.39 is 11.9 Å². The first-order chi connectivity index (χ1) is 8.16. The second-order valence-corrected chi connectivity index (χ2v) is 4.86. The number of amides is 1. The van der Waals surface area contributed by atoms with Crippen molar-refractivity contribution in [3.8, 4) is 0 Å². The van der Waals surface area contributed by atoms with Crippen LogP contribution in [0.5, 0.6) is 0 Å². The van der Waals surface area contributed by atoms with Crippen molar-refractivity contribution in [2.24, 2.45) is 5.92 Å². The Morgan fingerprint density at radius 1 is 1.29 bits per heavy atom. The van der Waals surface area contributed by atoms with Crippen molar-refractivity contribution in [1.82, 2.24) is 4.90 Å². The van der Waals surface area contributed by atoms with E-state index >= 15 is 0 Å². The van der Waals surface area contributed by atoms with Crippen LogP contribution in [0.4, 0.5) is 0 Å². The molecule has 2 atom stereocenters. The average molecular weight is 241 g/mol. The Hall–Kier alpha value is -1.10. The van der Waals surface area contributed by atoms with Gasteiger partial charge in [0.25, 0.3) is 0 Å². The quantitative estimate of drug-likeness (QED) is 0.796. The smallest absolute Gasteiger partial charge is 0.308 e. The summed E-state index contributed by atoms with van der Waals surface area (Å²) in [4.78, 5) is 24.6. The Morgan fingerprint density at radius 3 is 2.76 bits per heavy atom. The zero-order chi connectivity index (χ0) is 12.3. The number of nitrogens with zero attached hydrogens (tertiary/aromatic N) is 1. The van der Waals surface area contributed by atoms with Gasteiger partial charge >= 0.3 is 5.97 Å². The van der Waals surface area contributed by atoms with Gasteiger partial charge in [-0.1, -0.05) is 0 Å². The van der Waals surface area contributed by atoms with E-state index in [9.17, 15) is 9.59 Å². The number of hydrogen-bond acceptors (Lipinski definition) is 3. The predicted octanol–water partition coefficient (Wildman–Crippen LogP) is 0.879. The molecule has 5 nitrogen and oxygen atoms in total. The fraction of sp³-hybridized carbons (Fsp3) is 0.833. The van der Waals surface area contributed by atoms with Crippen LogP contribution in [-0.4, -0.2) is 47.7 Å². The van der Waals surface area contributed by atoms with Gasteiger partial charge in [0.2, 0.25) is 5.91 Å². The van der Waals surface area contributed by atoms with Gasteiger partial charge in [0, 0.05) is 19.7 Å². The Kier molecular flexibility index (Phi) is 3.99. The Morgan fingerprint density at radius 2 is 2.12 bits per heavy atom. The first-order valence-corrected chi connectivity index (χ1v) is 6.29. The molecule has 0 aromatic carbocycles. The summed E-state index contributed by atoms with van der Waals surface area (Å²) in [6, 6.07) is 0. The number of carbonyl (C=O) groups is 2. The van der Waals surface area contributed by atoms with E-state index in [4.69, 9.17) is 9.84 Å². The maximum atomic E-state index is 12.0. The van der Waals surface area contributed by atoms with Crippen LogP contribution in [0.15, 0.2) is 0 Å². The van der Waals surface area contributed by atoms with Gasteiger partial charge in [-0.05, 0) is 25.7 Å². The molecule has 2 saturated heterocycles. The lowest BCUT2D eigenvalue weighted by atomic mass is 9.98. The molecule has 0 spiro atoms. The number of likely N-dealkylation sites (tertiary alicyclic amines) is 1. The summed E-state index contributed by atoms with van der Waals surface area (Å²) in [5.74, 6) is -1.14. The molecule has 2 aliphatic heterocycles. The highest BCUT2D eigenvalue weighted by molar-refractivity contribution is 5.78. The molecule has 1 N–H and O–H groups in total. The van der Waals surface area contributed by atoms with Crippen molar-refractivity contribution in [1.29, 1.82) is 0 Å². The number of rotatable bonds is 3. The second-order valence-electron chi connectivity index (χ2n) is 4.86. The van der Waals surface area contributed by atoms with Gasteiger partial charge in [0.05, 0.1) is 18.4 Å². The van der Waals surface area contributed by atoms with Crippen LogP contribution in [0.2, 0.25) is 0 Å². The fourth-order valence-corrected chi connectivity index (χ4v) is 2.53. The number of piperidine rings is 1. The van der Waals surface area contributed by atoms with Crippen LogP contribution < -0.4 is 0 Å². The van der Waals surface area contributed by atoms with Crippen molar-refractivity contribution in [3.63, 3.8) is 0 Å². The molecular formula is C12H19NO4. The molecule has 0 radical (unpaired) electrons. The van der Waals surface area contributed by atoms with Crippen LogP contribution in [0, 0.1) is 5.92 Å². The van der Waals surface area contributed by atoms with E-state index in [1.165, 1.54) is 0 Å². The normalized spacial score (nSPS) is 29.3. The lowest BCUT2D eigenvalue weighted by molar-refractivity contribution is -0.146. The van der Waals surface area contributed by atoms with E-state index in [0.29, 0.717) is 25.9 Å². The summed E-state index contributed by atoms with van der Waals surface area (Å²) in [5, 5.41) is 8.96. The van der Waals surface area contributed by atoms with Crippen molar-refractivity contribution in [2.75, 3.05) is 19.7 Å². The maximum absolute atomic E-state index is 12.0. The van der Waals surface area contributed by atoms with Crippen LogP contribution in [0.3, 0.4) is 0 Å². The van der Waals surface area contributed by atoms with Crippen molar-refractivity contribution in [3.05, 3.63) is 0 Å². The minimum Gasteiger partial charge on any atom is -0.481 e. The number of carbonyl (C=O) groups excluding carboxylic acids is 1. The molecule has 2 fully saturated rings. The van der Waals surface area contributed by atoms with Crippen LogP contribution in [0.1, 0.15) is 32.1 Å². The number of carboxylic acids is 1. The van der Waals surface area contributed by atoms with Gasteiger partial charge in [-0.25, -0.2) is 0 Å². The summed E-state index contributed by atoms with van der Waals surface area (Å²) in [6.45, 7) is 1.80. The Bertz CT molecular complexity index is 299. The topological polar surface area (TPSA) is 66.8 Å². The molecule has 0 aliphatic carbocycles. The lowest BCUT2D eigenvalue weighted by Crippen LogP contribution is -2.43. The molecule has 17 heavy (non-hydrogen) atoms. The molecule has 0 saturated carbocycles. The second kappa shape index (κ2) is 5.49. The highest BCUT2D eigenvalue weighted by Crippen LogP contribution is 2.20. The first kappa shape index (κ1) is 12.4. The molecular weight excluding hydrogens is 222 g/mol. The first-order valence-electron chi connectivity index (χ1n) is 6.29. The third-order valence-corrected chi connectivity index (χ3v) is 3.55. The molecule has 1 amide bonds. The molecule has 0 bridgehead atoms. The van der Waals surface area contributed by atoms with Crippen LogP contribution in [0.25, 0.3) is 0 Å². The highest BCUT2D eigenvalue weighted by Gasteiger charge is 2.29. The maximum Gasteiger partial charge on any atom is 0.308 e. The number of aliphatic carboxylic acids is 1. The summed E-state index contributed by atoms with van der Waals surface area (Å²) >= 11 is 0. The van der Waals surface area contributed by atoms with Gasteiger partial charge < -0.3 is 14.7 Å². The molecule has 2 heterocycles. The molecule has 5 heteroatoms. The predicted molar refractivity (Wildman–Crippen MR) is 60.5 cm³/mol. The molecule has 2 rings (SSSR count). The number of ether oxygens (including phenoxy) is 1. The van der Waals surface area contributed by atoms with Gasteiger partial charge in [-0.2, -0.15) is 0 Å². The minimum atomic E-state index is -0.792. The monoisotopic (exact) mass is 241 g/mol. The zero-order valence-corrected chi connectivity index (χ0v) is 9.93. The summed E-state index contributed by atoms with van der Waals surface area (Å²) in [5.41, 5.74) is 0. The molecule has 0 unspecified atom stereocenters. The van der Waals surface area contributed by atoms with Gasteiger partial charge in [-0.15, -0.1) is 0 Å². The van der Waals surface area contributed by atoms with E-state index in [1.54, 1.807) is 4.90 Å². The van der Waals surface area contributed by atoms with Crippen LogP contribution in [-0.2, 0) is 14.3 Å². The Labute approximate surface area is 101 Å².